The van der Waals surface area contributed by atoms with Crippen LogP contribution in [0.2, 0.25) is 0 Å². The molecule has 1 atom stereocenters. The molecule has 1 aromatic carbocycles. The molecule has 0 saturated carbocycles. The quantitative estimate of drug-likeness (QED) is 0.817. The molecule has 4 heteroatoms. The molecule has 20 heavy (non-hydrogen) atoms. The van der Waals surface area contributed by atoms with Crippen LogP contribution in [0, 0.1) is 12.8 Å². The number of thiocarbonyl (C=S) groups is 1. The van der Waals surface area contributed by atoms with Crippen molar-refractivity contribution in [3.05, 3.63) is 34.9 Å². The van der Waals surface area contributed by atoms with Gasteiger partial charge in [0, 0.05) is 25.3 Å². The average Bonchev–Trinajstić information content (AvgIpc) is 2.42. The van der Waals surface area contributed by atoms with E-state index in [0.29, 0.717) is 17.5 Å². The van der Waals surface area contributed by atoms with E-state index in [0.717, 1.165) is 31.6 Å². The van der Waals surface area contributed by atoms with E-state index in [1.54, 1.807) is 0 Å². The van der Waals surface area contributed by atoms with E-state index in [4.69, 9.17) is 23.1 Å². The number of nitrogens with two attached hydrogens (primary N) is 1. The molecule has 0 radical (unpaired) electrons. The van der Waals surface area contributed by atoms with Gasteiger partial charge in [-0.2, -0.15) is 0 Å². The van der Waals surface area contributed by atoms with Crippen molar-refractivity contribution < 1.29 is 5.11 Å². The summed E-state index contributed by atoms with van der Waals surface area (Å²) in [5.41, 5.74) is 9.20. The molecular formula is C16H24N2OS. The standard InChI is InChI=1S/C16H24N2OS/c1-12-9-14(16(17)20)4-5-15(12)11-18-7-2-3-13(10-18)6-8-19/h4-5,9,13,19H,2-3,6-8,10-11H2,1H3,(H2,17,20). The predicted octanol–water partition coefficient (Wildman–Crippen LogP) is 2.22. The Hall–Kier alpha value is -0.970. The summed E-state index contributed by atoms with van der Waals surface area (Å²) in [5, 5.41) is 9.08. The highest BCUT2D eigenvalue weighted by molar-refractivity contribution is 7.80. The smallest absolute Gasteiger partial charge is 0.103 e. The van der Waals surface area contributed by atoms with Gasteiger partial charge in [0.15, 0.2) is 0 Å². The first kappa shape index (κ1) is 15.4. The van der Waals surface area contributed by atoms with Gasteiger partial charge in [-0.1, -0.05) is 24.4 Å². The highest BCUT2D eigenvalue weighted by Crippen LogP contribution is 2.22. The van der Waals surface area contributed by atoms with Crippen molar-refractivity contribution in [3.63, 3.8) is 0 Å². The van der Waals surface area contributed by atoms with Gasteiger partial charge in [0.05, 0.1) is 0 Å². The van der Waals surface area contributed by atoms with Gasteiger partial charge in [-0.05, 0) is 55.8 Å². The molecule has 1 fully saturated rings. The highest BCUT2D eigenvalue weighted by atomic mass is 32.1. The van der Waals surface area contributed by atoms with Crippen molar-refractivity contribution in [1.82, 2.24) is 4.90 Å². The van der Waals surface area contributed by atoms with Gasteiger partial charge in [0.25, 0.3) is 0 Å². The van der Waals surface area contributed by atoms with Crippen LogP contribution in [-0.4, -0.2) is 34.7 Å². The summed E-state index contributed by atoms with van der Waals surface area (Å²) in [6.45, 7) is 5.65. The van der Waals surface area contributed by atoms with Crippen molar-refractivity contribution in [2.75, 3.05) is 19.7 Å². The first-order valence-corrected chi connectivity index (χ1v) is 7.73. The fourth-order valence-electron chi connectivity index (χ4n) is 2.98. The Morgan fingerprint density at radius 1 is 1.50 bits per heavy atom. The molecule has 0 amide bonds. The largest absolute Gasteiger partial charge is 0.396 e. The zero-order valence-corrected chi connectivity index (χ0v) is 13.0. The summed E-state index contributed by atoms with van der Waals surface area (Å²) in [6.07, 6.45) is 3.40. The first-order valence-electron chi connectivity index (χ1n) is 7.32. The van der Waals surface area contributed by atoms with Crippen molar-refractivity contribution >= 4 is 17.2 Å². The average molecular weight is 292 g/mol. The van der Waals surface area contributed by atoms with E-state index in [1.807, 2.05) is 6.07 Å². The van der Waals surface area contributed by atoms with E-state index in [-0.39, 0.29) is 0 Å². The van der Waals surface area contributed by atoms with E-state index < -0.39 is 0 Å². The summed E-state index contributed by atoms with van der Waals surface area (Å²) >= 11 is 5.01. The van der Waals surface area contributed by atoms with Gasteiger partial charge >= 0.3 is 0 Å². The van der Waals surface area contributed by atoms with Crippen LogP contribution in [0.5, 0.6) is 0 Å². The van der Waals surface area contributed by atoms with E-state index in [9.17, 15) is 0 Å². The summed E-state index contributed by atoms with van der Waals surface area (Å²) in [4.78, 5) is 2.95. The van der Waals surface area contributed by atoms with Crippen LogP contribution in [0.1, 0.15) is 36.0 Å². The second kappa shape index (κ2) is 7.16. The topological polar surface area (TPSA) is 49.5 Å². The van der Waals surface area contributed by atoms with Gasteiger partial charge in [-0.3, -0.25) is 4.90 Å². The summed E-state index contributed by atoms with van der Waals surface area (Å²) in [5.74, 6) is 0.643. The maximum Gasteiger partial charge on any atom is 0.103 e. The van der Waals surface area contributed by atoms with Crippen LogP contribution < -0.4 is 5.73 Å². The lowest BCUT2D eigenvalue weighted by atomic mass is 9.94. The lowest BCUT2D eigenvalue weighted by Crippen LogP contribution is -2.35. The zero-order chi connectivity index (χ0) is 14.5. The monoisotopic (exact) mass is 292 g/mol. The minimum absolute atomic E-state index is 0.306. The van der Waals surface area contributed by atoms with Crippen LogP contribution in [0.15, 0.2) is 18.2 Å². The van der Waals surface area contributed by atoms with E-state index in [1.165, 1.54) is 24.0 Å². The first-order chi connectivity index (χ1) is 9.60. The van der Waals surface area contributed by atoms with Gasteiger partial charge in [-0.15, -0.1) is 0 Å². The van der Waals surface area contributed by atoms with Gasteiger partial charge in [0.2, 0.25) is 0 Å². The number of benzene rings is 1. The van der Waals surface area contributed by atoms with Crippen molar-refractivity contribution in [3.8, 4) is 0 Å². The number of hydrogen-bond acceptors (Lipinski definition) is 3. The number of nitrogens with zero attached hydrogens (tertiary/aromatic N) is 1. The Bertz CT molecular complexity index is 474. The van der Waals surface area contributed by atoms with Crippen molar-refractivity contribution in [2.45, 2.75) is 32.7 Å². The van der Waals surface area contributed by atoms with Gasteiger partial charge in [-0.25, -0.2) is 0 Å². The Balaban J connectivity index is 2.00. The van der Waals surface area contributed by atoms with Crippen LogP contribution in [0.25, 0.3) is 0 Å². The summed E-state index contributed by atoms with van der Waals surface area (Å²) in [7, 11) is 0. The maximum atomic E-state index is 9.08. The molecule has 0 spiro atoms. The molecule has 2 rings (SSSR count). The second-order valence-corrected chi connectivity index (χ2v) is 6.20. The highest BCUT2D eigenvalue weighted by Gasteiger charge is 2.19. The molecule has 1 saturated heterocycles. The van der Waals surface area contributed by atoms with Crippen molar-refractivity contribution in [1.29, 1.82) is 0 Å². The third-order valence-corrected chi connectivity index (χ3v) is 4.40. The molecule has 1 heterocycles. The molecule has 3 N–H and O–H groups in total. The number of aryl methyl sites for hydroxylation is 1. The number of piperidine rings is 1. The lowest BCUT2D eigenvalue weighted by Gasteiger charge is -2.32. The van der Waals surface area contributed by atoms with Crippen LogP contribution in [0.3, 0.4) is 0 Å². The van der Waals surface area contributed by atoms with E-state index in [2.05, 4.69) is 24.0 Å². The fraction of sp³-hybridized carbons (Fsp3) is 0.562. The Morgan fingerprint density at radius 3 is 2.95 bits per heavy atom. The normalized spacial score (nSPS) is 20.0. The number of aliphatic hydroxyl groups is 1. The molecule has 0 bridgehead atoms. The van der Waals surface area contributed by atoms with Gasteiger partial charge < -0.3 is 10.8 Å². The third-order valence-electron chi connectivity index (χ3n) is 4.16. The predicted molar refractivity (Wildman–Crippen MR) is 86.8 cm³/mol. The molecule has 110 valence electrons. The minimum atomic E-state index is 0.306. The maximum absolute atomic E-state index is 9.08. The minimum Gasteiger partial charge on any atom is -0.396 e. The fourth-order valence-corrected chi connectivity index (χ4v) is 3.11. The molecule has 1 unspecified atom stereocenters. The molecule has 0 aliphatic carbocycles. The van der Waals surface area contributed by atoms with Crippen LogP contribution >= 0.6 is 12.2 Å². The Morgan fingerprint density at radius 2 is 2.30 bits per heavy atom. The molecule has 1 aliphatic rings. The zero-order valence-electron chi connectivity index (χ0n) is 12.1. The molecule has 0 aromatic heterocycles. The van der Waals surface area contributed by atoms with Crippen LogP contribution in [-0.2, 0) is 6.54 Å². The number of hydrogen-bond donors (Lipinski definition) is 2. The van der Waals surface area contributed by atoms with E-state index >= 15 is 0 Å². The molecule has 1 aliphatic heterocycles. The SMILES string of the molecule is Cc1cc(C(N)=S)ccc1CN1CCCC(CCO)C1. The molecular weight excluding hydrogens is 268 g/mol. The Kier molecular flexibility index (Phi) is 5.52. The summed E-state index contributed by atoms with van der Waals surface area (Å²) in [6, 6.07) is 6.23. The molecule has 1 aromatic rings. The summed E-state index contributed by atoms with van der Waals surface area (Å²) < 4.78 is 0. The molecule has 3 nitrogen and oxygen atoms in total. The number of rotatable bonds is 5. The number of aliphatic hydroxyl groups excluding tert-OH is 1. The van der Waals surface area contributed by atoms with Crippen molar-refractivity contribution in [2.24, 2.45) is 11.7 Å². The van der Waals surface area contributed by atoms with Gasteiger partial charge in [0.1, 0.15) is 4.99 Å². The third kappa shape index (κ3) is 4.01. The second-order valence-electron chi connectivity index (χ2n) is 5.76. The number of likely N-dealkylation sites (tertiary alicyclic amines) is 1. The lowest BCUT2D eigenvalue weighted by molar-refractivity contribution is 0.142. The van der Waals surface area contributed by atoms with Crippen LogP contribution in [0.4, 0.5) is 0 Å². The Labute approximate surface area is 126 Å².